The third kappa shape index (κ3) is 3.12. The van der Waals surface area contributed by atoms with Gasteiger partial charge in [0.25, 0.3) is 0 Å². The van der Waals surface area contributed by atoms with E-state index in [1.165, 1.54) is 0 Å². The Kier molecular flexibility index (Phi) is 4.11. The fraction of sp³-hybridized carbons (Fsp3) is 0.375. The summed E-state index contributed by atoms with van der Waals surface area (Å²) in [5.74, 6) is 0.361. The van der Waals surface area contributed by atoms with Gasteiger partial charge in [-0.15, -0.1) is 5.06 Å². The lowest BCUT2D eigenvalue weighted by Crippen LogP contribution is -2.28. The van der Waals surface area contributed by atoms with Crippen molar-refractivity contribution < 1.29 is 9.63 Å². The van der Waals surface area contributed by atoms with Gasteiger partial charge >= 0.3 is 5.97 Å². The van der Waals surface area contributed by atoms with Crippen LogP contribution in [0.4, 0.5) is 5.82 Å². The average Bonchev–Trinajstić information content (AvgIpc) is 3.07. The maximum atomic E-state index is 12.1. The standard InChI is InChI=1S/C16H20N4O2/c1-19-15(17)11-13(18-19)14-8-5-9-20(14)22-16(21)10-12-6-3-2-4-7-12/h2-4,6-7,11,14H,5,8-10,17H2,1H3/t14-/m1/s1. The molecule has 0 aliphatic carbocycles. The summed E-state index contributed by atoms with van der Waals surface area (Å²) in [4.78, 5) is 17.6. The lowest BCUT2D eigenvalue weighted by Gasteiger charge is -2.21. The molecule has 2 N–H and O–H groups in total. The van der Waals surface area contributed by atoms with E-state index in [0.717, 1.165) is 30.6 Å². The summed E-state index contributed by atoms with van der Waals surface area (Å²) in [5, 5.41) is 6.12. The lowest BCUT2D eigenvalue weighted by molar-refractivity contribution is -0.194. The number of nitrogens with zero attached hydrogens (tertiary/aromatic N) is 3. The maximum absolute atomic E-state index is 12.1. The predicted octanol–water partition coefficient (Wildman–Crippen LogP) is 1.84. The Morgan fingerprint density at radius 3 is 2.86 bits per heavy atom. The van der Waals surface area contributed by atoms with Gasteiger partial charge in [-0.3, -0.25) is 4.68 Å². The van der Waals surface area contributed by atoms with Crippen molar-refractivity contribution in [1.29, 1.82) is 0 Å². The molecule has 3 rings (SSSR count). The van der Waals surface area contributed by atoms with Crippen molar-refractivity contribution in [3.8, 4) is 0 Å². The van der Waals surface area contributed by atoms with Gasteiger partial charge in [-0.25, -0.2) is 4.79 Å². The normalized spacial score (nSPS) is 18.5. The van der Waals surface area contributed by atoms with Crippen LogP contribution in [-0.2, 0) is 23.1 Å². The van der Waals surface area contributed by atoms with Crippen molar-refractivity contribution in [3.05, 3.63) is 47.7 Å². The molecule has 6 nitrogen and oxygen atoms in total. The number of rotatable bonds is 4. The van der Waals surface area contributed by atoms with Crippen LogP contribution in [0.25, 0.3) is 0 Å². The van der Waals surface area contributed by atoms with Crippen molar-refractivity contribution >= 4 is 11.8 Å². The Balaban J connectivity index is 1.65. The predicted molar refractivity (Wildman–Crippen MR) is 82.5 cm³/mol. The number of aromatic nitrogens is 2. The summed E-state index contributed by atoms with van der Waals surface area (Å²) in [6.07, 6.45) is 2.16. The second-order valence-corrected chi connectivity index (χ2v) is 5.54. The Morgan fingerprint density at radius 2 is 2.18 bits per heavy atom. The summed E-state index contributed by atoms with van der Waals surface area (Å²) in [7, 11) is 1.81. The van der Waals surface area contributed by atoms with Crippen LogP contribution in [0.1, 0.15) is 30.1 Å². The molecule has 6 heteroatoms. The highest BCUT2D eigenvalue weighted by molar-refractivity contribution is 5.72. The zero-order chi connectivity index (χ0) is 15.5. The molecular weight excluding hydrogens is 280 g/mol. The van der Waals surface area contributed by atoms with Gasteiger partial charge in [0.1, 0.15) is 5.82 Å². The first-order valence-electron chi connectivity index (χ1n) is 7.44. The fourth-order valence-electron chi connectivity index (χ4n) is 2.74. The van der Waals surface area contributed by atoms with Crippen molar-refractivity contribution in [2.45, 2.75) is 25.3 Å². The number of nitrogens with two attached hydrogens (primary N) is 1. The summed E-state index contributed by atoms with van der Waals surface area (Å²) in [5.41, 5.74) is 7.63. The first-order chi connectivity index (χ1) is 10.6. The number of hydrogen-bond donors (Lipinski definition) is 1. The molecule has 1 atom stereocenters. The third-order valence-electron chi connectivity index (χ3n) is 3.89. The van der Waals surface area contributed by atoms with Crippen LogP contribution in [0.2, 0.25) is 0 Å². The van der Waals surface area contributed by atoms with E-state index in [1.54, 1.807) is 16.8 Å². The third-order valence-corrected chi connectivity index (χ3v) is 3.89. The highest BCUT2D eigenvalue weighted by Gasteiger charge is 2.31. The van der Waals surface area contributed by atoms with Gasteiger partial charge in [-0.1, -0.05) is 30.3 Å². The van der Waals surface area contributed by atoms with E-state index in [0.29, 0.717) is 5.82 Å². The molecule has 1 aliphatic heterocycles. The minimum absolute atomic E-state index is 0.0109. The smallest absolute Gasteiger partial charge is 0.329 e. The van der Waals surface area contributed by atoms with Crippen LogP contribution in [-0.4, -0.2) is 27.4 Å². The number of hydrogen-bond acceptors (Lipinski definition) is 5. The fourth-order valence-corrected chi connectivity index (χ4v) is 2.74. The number of benzene rings is 1. The summed E-state index contributed by atoms with van der Waals surface area (Å²) in [6, 6.07) is 11.4. The Hall–Kier alpha value is -2.34. The molecule has 1 aliphatic rings. The molecule has 0 saturated carbocycles. The largest absolute Gasteiger partial charge is 0.384 e. The second-order valence-electron chi connectivity index (χ2n) is 5.54. The Labute approximate surface area is 129 Å². The molecule has 2 heterocycles. The molecule has 2 aromatic rings. The molecule has 1 aromatic heterocycles. The van der Waals surface area contributed by atoms with E-state index in [-0.39, 0.29) is 18.4 Å². The molecule has 0 unspecified atom stereocenters. The molecule has 0 radical (unpaired) electrons. The SMILES string of the molecule is Cn1nc([C@H]2CCCN2OC(=O)Cc2ccccc2)cc1N. The number of carbonyl (C=O) groups is 1. The first-order valence-corrected chi connectivity index (χ1v) is 7.44. The van der Waals surface area contributed by atoms with E-state index < -0.39 is 0 Å². The number of nitrogen functional groups attached to an aromatic ring is 1. The molecular formula is C16H20N4O2. The minimum Gasteiger partial charge on any atom is -0.384 e. The molecule has 1 fully saturated rings. The van der Waals surface area contributed by atoms with E-state index >= 15 is 0 Å². The first kappa shape index (κ1) is 14.6. The lowest BCUT2D eigenvalue weighted by atomic mass is 10.1. The van der Waals surface area contributed by atoms with Crippen LogP contribution in [0.15, 0.2) is 36.4 Å². The van der Waals surface area contributed by atoms with Gasteiger partial charge in [0.05, 0.1) is 18.2 Å². The maximum Gasteiger partial charge on any atom is 0.329 e. The number of hydroxylamine groups is 2. The van der Waals surface area contributed by atoms with Crippen molar-refractivity contribution in [1.82, 2.24) is 14.8 Å². The quantitative estimate of drug-likeness (QED) is 0.932. The van der Waals surface area contributed by atoms with Crippen molar-refractivity contribution in [2.24, 2.45) is 7.05 Å². The highest BCUT2D eigenvalue weighted by Crippen LogP contribution is 2.32. The Morgan fingerprint density at radius 1 is 1.41 bits per heavy atom. The number of aryl methyl sites for hydroxylation is 1. The topological polar surface area (TPSA) is 73.4 Å². The van der Waals surface area contributed by atoms with Gasteiger partial charge in [-0.2, -0.15) is 5.10 Å². The number of anilines is 1. The zero-order valence-corrected chi connectivity index (χ0v) is 12.6. The van der Waals surface area contributed by atoms with Crippen molar-refractivity contribution in [2.75, 3.05) is 12.3 Å². The van der Waals surface area contributed by atoms with Crippen LogP contribution >= 0.6 is 0 Å². The van der Waals surface area contributed by atoms with Gasteiger partial charge in [0.15, 0.2) is 0 Å². The van der Waals surface area contributed by atoms with Crippen LogP contribution in [0.5, 0.6) is 0 Å². The molecule has 0 spiro atoms. The van der Waals surface area contributed by atoms with Crippen LogP contribution in [0, 0.1) is 0 Å². The van der Waals surface area contributed by atoms with Gasteiger partial charge in [0, 0.05) is 19.7 Å². The molecule has 1 aromatic carbocycles. The van der Waals surface area contributed by atoms with E-state index in [2.05, 4.69) is 5.10 Å². The van der Waals surface area contributed by atoms with E-state index in [1.807, 2.05) is 36.4 Å². The zero-order valence-electron chi connectivity index (χ0n) is 12.6. The summed E-state index contributed by atoms with van der Waals surface area (Å²) < 4.78 is 1.64. The molecule has 1 saturated heterocycles. The summed E-state index contributed by atoms with van der Waals surface area (Å²) in [6.45, 7) is 0.724. The average molecular weight is 300 g/mol. The van der Waals surface area contributed by atoms with E-state index in [9.17, 15) is 4.79 Å². The van der Waals surface area contributed by atoms with Gasteiger partial charge < -0.3 is 10.6 Å². The monoisotopic (exact) mass is 300 g/mol. The molecule has 0 bridgehead atoms. The highest BCUT2D eigenvalue weighted by atomic mass is 16.7. The minimum atomic E-state index is -0.248. The van der Waals surface area contributed by atoms with E-state index in [4.69, 9.17) is 10.6 Å². The van der Waals surface area contributed by atoms with Crippen LogP contribution in [0.3, 0.4) is 0 Å². The Bertz CT molecular complexity index is 634. The molecule has 116 valence electrons. The summed E-state index contributed by atoms with van der Waals surface area (Å²) >= 11 is 0. The van der Waals surface area contributed by atoms with Gasteiger partial charge in [0.2, 0.25) is 0 Å². The van der Waals surface area contributed by atoms with Gasteiger partial charge in [-0.05, 0) is 18.4 Å². The molecule has 22 heavy (non-hydrogen) atoms. The number of carbonyl (C=O) groups excluding carboxylic acids is 1. The van der Waals surface area contributed by atoms with Crippen LogP contribution < -0.4 is 5.73 Å². The molecule has 0 amide bonds. The second kappa shape index (κ2) is 6.19. The van der Waals surface area contributed by atoms with Crippen molar-refractivity contribution in [3.63, 3.8) is 0 Å².